The van der Waals surface area contributed by atoms with Gasteiger partial charge in [0.1, 0.15) is 5.75 Å². The number of methoxy groups -OCH3 is 1. The van der Waals surface area contributed by atoms with Crippen LogP contribution in [0.2, 0.25) is 0 Å². The molecule has 0 aromatic heterocycles. The summed E-state index contributed by atoms with van der Waals surface area (Å²) in [5.74, 6) is 0.760. The van der Waals surface area contributed by atoms with Gasteiger partial charge >= 0.3 is 7.12 Å². The lowest BCUT2D eigenvalue weighted by Gasteiger charge is -2.15. The maximum absolute atomic E-state index is 9.70. The normalized spacial score (nSPS) is 10.9. The minimum absolute atomic E-state index is 0.520. The Hall–Kier alpha value is -2.04. The van der Waals surface area contributed by atoms with E-state index in [4.69, 9.17) is 4.74 Å². The Morgan fingerprint density at radius 2 is 1.21 bits per heavy atom. The average molecular weight is 252 g/mol. The van der Waals surface area contributed by atoms with Crippen molar-refractivity contribution in [2.45, 2.75) is 0 Å². The van der Waals surface area contributed by atoms with E-state index in [1.807, 2.05) is 48.5 Å². The van der Waals surface area contributed by atoms with E-state index in [-0.39, 0.29) is 0 Å². The Labute approximate surface area is 111 Å². The monoisotopic (exact) mass is 252 g/mol. The van der Waals surface area contributed by atoms with Crippen molar-refractivity contribution < 1.29 is 14.8 Å². The van der Waals surface area contributed by atoms with E-state index in [9.17, 15) is 10.0 Å². The molecular formula is C15H13BO3. The lowest BCUT2D eigenvalue weighted by molar-refractivity contribution is 0.423. The SMILES string of the molecule is COc1c2ccccc2c(B(O)O)c2ccccc12. The topological polar surface area (TPSA) is 49.7 Å². The van der Waals surface area contributed by atoms with Gasteiger partial charge < -0.3 is 14.8 Å². The van der Waals surface area contributed by atoms with Crippen molar-refractivity contribution in [2.75, 3.05) is 7.11 Å². The Bertz CT molecular complexity index is 696. The van der Waals surface area contributed by atoms with Crippen molar-refractivity contribution in [1.82, 2.24) is 0 Å². The Kier molecular flexibility index (Phi) is 2.89. The van der Waals surface area contributed by atoms with E-state index in [0.717, 1.165) is 27.3 Å². The van der Waals surface area contributed by atoms with Crippen LogP contribution in [0, 0.1) is 0 Å². The van der Waals surface area contributed by atoms with Crippen LogP contribution < -0.4 is 10.2 Å². The van der Waals surface area contributed by atoms with E-state index in [2.05, 4.69) is 0 Å². The molecule has 0 spiro atoms. The third-order valence-corrected chi connectivity index (χ3v) is 3.39. The van der Waals surface area contributed by atoms with Gasteiger partial charge in [0, 0.05) is 10.8 Å². The third-order valence-electron chi connectivity index (χ3n) is 3.39. The molecule has 94 valence electrons. The van der Waals surface area contributed by atoms with Crippen molar-refractivity contribution in [3.05, 3.63) is 48.5 Å². The molecular weight excluding hydrogens is 239 g/mol. The number of benzene rings is 3. The lowest BCUT2D eigenvalue weighted by Crippen LogP contribution is -2.31. The Morgan fingerprint density at radius 1 is 0.789 bits per heavy atom. The van der Waals surface area contributed by atoms with E-state index in [1.54, 1.807) is 7.11 Å². The second-order valence-electron chi connectivity index (χ2n) is 4.41. The molecule has 3 aromatic rings. The third kappa shape index (κ3) is 1.77. The number of fused-ring (bicyclic) bond motifs is 2. The number of rotatable bonds is 2. The average Bonchev–Trinajstić information content (AvgIpc) is 2.44. The molecule has 4 heteroatoms. The second kappa shape index (κ2) is 4.57. The van der Waals surface area contributed by atoms with Crippen LogP contribution in [0.25, 0.3) is 21.5 Å². The summed E-state index contributed by atoms with van der Waals surface area (Å²) >= 11 is 0. The van der Waals surface area contributed by atoms with Gasteiger partial charge in [-0.2, -0.15) is 0 Å². The van der Waals surface area contributed by atoms with Gasteiger partial charge in [-0.25, -0.2) is 0 Å². The van der Waals surface area contributed by atoms with Crippen LogP contribution in [-0.4, -0.2) is 24.3 Å². The predicted molar refractivity (Wildman–Crippen MR) is 77.8 cm³/mol. The number of ether oxygens (including phenoxy) is 1. The molecule has 0 atom stereocenters. The summed E-state index contributed by atoms with van der Waals surface area (Å²) in [6.45, 7) is 0. The fourth-order valence-corrected chi connectivity index (χ4v) is 2.62. The molecule has 0 aliphatic carbocycles. The fourth-order valence-electron chi connectivity index (χ4n) is 2.62. The highest BCUT2D eigenvalue weighted by molar-refractivity contribution is 6.65. The Morgan fingerprint density at radius 3 is 1.58 bits per heavy atom. The molecule has 19 heavy (non-hydrogen) atoms. The molecule has 0 fully saturated rings. The van der Waals surface area contributed by atoms with Crippen LogP contribution in [-0.2, 0) is 0 Å². The lowest BCUT2D eigenvalue weighted by atomic mass is 9.74. The molecule has 0 radical (unpaired) electrons. The molecule has 0 saturated heterocycles. The van der Waals surface area contributed by atoms with Crippen molar-refractivity contribution >= 4 is 34.1 Å². The van der Waals surface area contributed by atoms with Gasteiger partial charge in [0.2, 0.25) is 0 Å². The minimum Gasteiger partial charge on any atom is -0.495 e. The van der Waals surface area contributed by atoms with Gasteiger partial charge in [0.25, 0.3) is 0 Å². The molecule has 0 saturated carbocycles. The fraction of sp³-hybridized carbons (Fsp3) is 0.0667. The molecule has 0 aliphatic rings. The van der Waals surface area contributed by atoms with Crippen molar-refractivity contribution in [1.29, 1.82) is 0 Å². The van der Waals surface area contributed by atoms with Crippen LogP contribution in [0.1, 0.15) is 0 Å². The predicted octanol–water partition coefficient (Wildman–Crippen LogP) is 1.68. The summed E-state index contributed by atoms with van der Waals surface area (Å²) in [5.41, 5.74) is 0.520. The highest BCUT2D eigenvalue weighted by Crippen LogP contribution is 2.33. The first kappa shape index (κ1) is 12.0. The minimum atomic E-state index is -1.51. The summed E-state index contributed by atoms with van der Waals surface area (Å²) in [7, 11) is 0.115. The highest BCUT2D eigenvalue weighted by Gasteiger charge is 2.21. The maximum Gasteiger partial charge on any atom is 0.489 e. The highest BCUT2D eigenvalue weighted by atomic mass is 16.5. The van der Waals surface area contributed by atoms with Crippen LogP contribution in [0.15, 0.2) is 48.5 Å². The van der Waals surface area contributed by atoms with E-state index >= 15 is 0 Å². The molecule has 3 rings (SSSR count). The van der Waals surface area contributed by atoms with Gasteiger partial charge in [0.05, 0.1) is 7.11 Å². The summed E-state index contributed by atoms with van der Waals surface area (Å²) in [4.78, 5) is 0. The first-order chi connectivity index (χ1) is 9.24. The zero-order chi connectivity index (χ0) is 13.4. The van der Waals surface area contributed by atoms with Crippen LogP contribution in [0.3, 0.4) is 0 Å². The van der Waals surface area contributed by atoms with Crippen LogP contribution in [0.5, 0.6) is 5.75 Å². The first-order valence-corrected chi connectivity index (χ1v) is 6.07. The zero-order valence-corrected chi connectivity index (χ0v) is 10.5. The van der Waals surface area contributed by atoms with E-state index in [0.29, 0.717) is 5.46 Å². The van der Waals surface area contributed by atoms with Gasteiger partial charge in [-0.15, -0.1) is 0 Å². The summed E-state index contributed by atoms with van der Waals surface area (Å²) in [5, 5.41) is 22.8. The zero-order valence-electron chi connectivity index (χ0n) is 10.5. The van der Waals surface area contributed by atoms with Crippen molar-refractivity contribution in [3.8, 4) is 5.75 Å². The quantitative estimate of drug-likeness (QED) is 0.539. The van der Waals surface area contributed by atoms with Gasteiger partial charge in [0.15, 0.2) is 0 Å². The largest absolute Gasteiger partial charge is 0.495 e. The van der Waals surface area contributed by atoms with E-state index < -0.39 is 7.12 Å². The second-order valence-corrected chi connectivity index (χ2v) is 4.41. The molecule has 0 heterocycles. The van der Waals surface area contributed by atoms with E-state index in [1.165, 1.54) is 0 Å². The van der Waals surface area contributed by atoms with Crippen LogP contribution >= 0.6 is 0 Å². The summed E-state index contributed by atoms with van der Waals surface area (Å²) < 4.78 is 5.51. The molecule has 0 amide bonds. The molecule has 2 N–H and O–H groups in total. The number of hydrogen-bond acceptors (Lipinski definition) is 3. The standard InChI is InChI=1S/C15H13BO3/c1-19-15-12-8-4-2-6-10(12)14(16(17)18)11-7-3-5-9-13(11)15/h2-9,17-18H,1H3. The van der Waals surface area contributed by atoms with Crippen molar-refractivity contribution in [3.63, 3.8) is 0 Å². The first-order valence-electron chi connectivity index (χ1n) is 6.07. The molecule has 0 unspecified atom stereocenters. The molecule has 3 nitrogen and oxygen atoms in total. The Balaban J connectivity index is 2.61. The molecule has 3 aromatic carbocycles. The summed E-state index contributed by atoms with van der Waals surface area (Å²) in [6, 6.07) is 15.2. The molecule has 0 bridgehead atoms. The van der Waals surface area contributed by atoms with Gasteiger partial charge in [-0.05, 0) is 16.2 Å². The smallest absolute Gasteiger partial charge is 0.489 e. The summed E-state index contributed by atoms with van der Waals surface area (Å²) in [6.07, 6.45) is 0. The van der Waals surface area contributed by atoms with Gasteiger partial charge in [-0.1, -0.05) is 48.5 Å². The molecule has 0 aliphatic heterocycles. The van der Waals surface area contributed by atoms with Gasteiger partial charge in [-0.3, -0.25) is 0 Å². The number of hydrogen-bond donors (Lipinski definition) is 2. The van der Waals surface area contributed by atoms with Crippen LogP contribution in [0.4, 0.5) is 0 Å². The van der Waals surface area contributed by atoms with Crippen molar-refractivity contribution in [2.24, 2.45) is 0 Å². The maximum atomic E-state index is 9.70.